The number of amides is 2. The summed E-state index contributed by atoms with van der Waals surface area (Å²) in [5, 5.41) is 10.4. The Balaban J connectivity index is 1.91. The van der Waals surface area contributed by atoms with E-state index in [-0.39, 0.29) is 0 Å². The number of urea groups is 1. The molecule has 3 aromatic rings. The van der Waals surface area contributed by atoms with E-state index in [0.29, 0.717) is 29.1 Å². The van der Waals surface area contributed by atoms with Crippen LogP contribution < -0.4 is 15.4 Å². The highest BCUT2D eigenvalue weighted by molar-refractivity contribution is 5.95. The van der Waals surface area contributed by atoms with Gasteiger partial charge in [0.15, 0.2) is 0 Å². The summed E-state index contributed by atoms with van der Waals surface area (Å²) in [6.45, 7) is 6.16. The lowest BCUT2D eigenvalue weighted by atomic mass is 9.93. The van der Waals surface area contributed by atoms with Gasteiger partial charge in [0, 0.05) is 23.0 Å². The molecule has 1 aliphatic heterocycles. The van der Waals surface area contributed by atoms with Crippen molar-refractivity contribution in [2.75, 3.05) is 13.7 Å². The van der Waals surface area contributed by atoms with Crippen LogP contribution in [0.1, 0.15) is 31.0 Å². The van der Waals surface area contributed by atoms with Crippen LogP contribution in [0.4, 0.5) is 4.79 Å². The molecule has 4 rings (SSSR count). The fourth-order valence-electron chi connectivity index (χ4n) is 3.96. The van der Waals surface area contributed by atoms with Crippen molar-refractivity contribution in [1.29, 1.82) is 0 Å². The second-order valence-corrected chi connectivity index (χ2v) is 7.69. The Morgan fingerprint density at radius 3 is 2.58 bits per heavy atom. The second-order valence-electron chi connectivity index (χ2n) is 7.69. The summed E-state index contributed by atoms with van der Waals surface area (Å²) in [6, 6.07) is 14.3. The molecule has 0 saturated heterocycles. The van der Waals surface area contributed by atoms with Crippen molar-refractivity contribution in [3.05, 3.63) is 77.1 Å². The van der Waals surface area contributed by atoms with Crippen LogP contribution in [0.3, 0.4) is 0 Å². The van der Waals surface area contributed by atoms with Gasteiger partial charge < -0.3 is 20.1 Å². The molecule has 2 heterocycles. The van der Waals surface area contributed by atoms with Crippen LogP contribution in [-0.4, -0.2) is 35.5 Å². The van der Waals surface area contributed by atoms with Gasteiger partial charge in [-0.05, 0) is 56.7 Å². The number of nitrogens with one attached hydrogen (secondary N) is 2. The Morgan fingerprint density at radius 2 is 1.91 bits per heavy atom. The quantitative estimate of drug-likeness (QED) is 0.557. The van der Waals surface area contributed by atoms with E-state index in [1.54, 1.807) is 11.6 Å². The fourth-order valence-corrected chi connectivity index (χ4v) is 3.96. The lowest BCUT2D eigenvalue weighted by molar-refractivity contribution is -0.136. The van der Waals surface area contributed by atoms with E-state index in [1.165, 1.54) is 7.11 Å². The largest absolute Gasteiger partial charge is 0.494 e. The topological polar surface area (TPSA) is 94.5 Å². The molecule has 0 unspecified atom stereocenters. The molecular formula is C25H26N4O4. The van der Waals surface area contributed by atoms with E-state index in [2.05, 4.69) is 10.6 Å². The Morgan fingerprint density at radius 1 is 1.15 bits per heavy atom. The van der Waals surface area contributed by atoms with Gasteiger partial charge in [0.25, 0.3) is 0 Å². The zero-order valence-corrected chi connectivity index (χ0v) is 19.0. The molecule has 0 aliphatic carbocycles. The third-order valence-electron chi connectivity index (χ3n) is 5.50. The third kappa shape index (κ3) is 4.32. The van der Waals surface area contributed by atoms with Crippen molar-refractivity contribution in [2.24, 2.45) is 0 Å². The molecule has 170 valence electrons. The van der Waals surface area contributed by atoms with Gasteiger partial charge in [-0.1, -0.05) is 18.2 Å². The van der Waals surface area contributed by atoms with Gasteiger partial charge in [-0.25, -0.2) is 14.3 Å². The number of carbonyl (C=O) groups excluding carboxylic acids is 2. The van der Waals surface area contributed by atoms with Crippen molar-refractivity contribution in [3.63, 3.8) is 0 Å². The maximum absolute atomic E-state index is 12.6. The van der Waals surface area contributed by atoms with Crippen LogP contribution in [-0.2, 0) is 9.53 Å². The van der Waals surface area contributed by atoms with Gasteiger partial charge >= 0.3 is 12.0 Å². The smallest absolute Gasteiger partial charge is 0.337 e. The average Bonchev–Trinajstić information content (AvgIpc) is 3.25. The highest BCUT2D eigenvalue weighted by Crippen LogP contribution is 2.36. The van der Waals surface area contributed by atoms with Gasteiger partial charge in [0.2, 0.25) is 0 Å². The Hall–Kier alpha value is -4.07. The number of aryl methyl sites for hydroxylation is 1. The average molecular weight is 447 g/mol. The molecule has 2 amide bonds. The van der Waals surface area contributed by atoms with Gasteiger partial charge in [0.05, 0.1) is 36.7 Å². The molecule has 8 nitrogen and oxygen atoms in total. The molecule has 1 atom stereocenters. The number of methoxy groups -OCH3 is 1. The van der Waals surface area contributed by atoms with Crippen LogP contribution in [0.15, 0.2) is 66.0 Å². The van der Waals surface area contributed by atoms with E-state index in [0.717, 1.165) is 22.6 Å². The molecule has 2 N–H and O–H groups in total. The summed E-state index contributed by atoms with van der Waals surface area (Å²) < 4.78 is 12.4. The molecule has 0 radical (unpaired) electrons. The number of carbonyl (C=O) groups is 2. The number of esters is 1. The zero-order valence-electron chi connectivity index (χ0n) is 19.0. The van der Waals surface area contributed by atoms with Crippen LogP contribution in [0.25, 0.3) is 16.9 Å². The summed E-state index contributed by atoms with van der Waals surface area (Å²) in [6.07, 6.45) is 1.84. The summed E-state index contributed by atoms with van der Waals surface area (Å²) in [5.41, 5.74) is 4.75. The number of hydrogen-bond donors (Lipinski definition) is 2. The molecular weight excluding hydrogens is 420 g/mol. The van der Waals surface area contributed by atoms with Crippen LogP contribution in [0.2, 0.25) is 0 Å². The molecule has 8 heteroatoms. The molecule has 0 spiro atoms. The molecule has 2 aromatic carbocycles. The Labute approximate surface area is 192 Å². The number of ether oxygens (including phenoxy) is 2. The molecule has 33 heavy (non-hydrogen) atoms. The molecule has 0 saturated carbocycles. The number of hydrogen-bond acceptors (Lipinski definition) is 5. The predicted octanol–water partition coefficient (Wildman–Crippen LogP) is 4.05. The monoisotopic (exact) mass is 446 g/mol. The maximum atomic E-state index is 12.6. The zero-order chi connectivity index (χ0) is 23.5. The number of benzene rings is 2. The minimum Gasteiger partial charge on any atom is -0.494 e. The van der Waals surface area contributed by atoms with Crippen LogP contribution in [0.5, 0.6) is 5.75 Å². The molecule has 1 aromatic heterocycles. The predicted molar refractivity (Wildman–Crippen MR) is 124 cm³/mol. The van der Waals surface area contributed by atoms with E-state index in [1.807, 2.05) is 68.6 Å². The van der Waals surface area contributed by atoms with E-state index >= 15 is 0 Å². The van der Waals surface area contributed by atoms with E-state index in [9.17, 15) is 9.59 Å². The van der Waals surface area contributed by atoms with Crippen molar-refractivity contribution in [1.82, 2.24) is 20.4 Å². The summed E-state index contributed by atoms with van der Waals surface area (Å²) >= 11 is 0. The Kier molecular flexibility index (Phi) is 6.17. The van der Waals surface area contributed by atoms with Crippen molar-refractivity contribution < 1.29 is 19.1 Å². The second kappa shape index (κ2) is 9.20. The van der Waals surface area contributed by atoms with E-state index < -0.39 is 18.0 Å². The van der Waals surface area contributed by atoms with Crippen LogP contribution >= 0.6 is 0 Å². The first kappa shape index (κ1) is 22.1. The Bertz CT molecular complexity index is 1230. The number of rotatable bonds is 6. The van der Waals surface area contributed by atoms with Gasteiger partial charge in [-0.15, -0.1) is 0 Å². The highest BCUT2D eigenvalue weighted by Gasteiger charge is 2.35. The van der Waals surface area contributed by atoms with Crippen molar-refractivity contribution in [2.45, 2.75) is 26.8 Å². The highest BCUT2D eigenvalue weighted by atomic mass is 16.5. The summed E-state index contributed by atoms with van der Waals surface area (Å²) in [5.74, 6) is 0.276. The third-order valence-corrected chi connectivity index (χ3v) is 5.50. The normalized spacial score (nSPS) is 15.6. The number of aromatic nitrogens is 2. The first-order valence-corrected chi connectivity index (χ1v) is 10.7. The first-order valence-electron chi connectivity index (χ1n) is 10.7. The number of allylic oxidation sites excluding steroid dienone is 1. The van der Waals surface area contributed by atoms with Gasteiger partial charge in [0.1, 0.15) is 5.75 Å². The SMILES string of the molecule is CCOc1ccc(-c2nn(-c3ccccc3)cc2[C@H]2NC(=O)NC(C)=C2C(=O)OC)cc1C. The summed E-state index contributed by atoms with van der Waals surface area (Å²) in [7, 11) is 1.32. The maximum Gasteiger partial charge on any atom is 0.337 e. The van der Waals surface area contributed by atoms with Crippen LogP contribution in [0, 0.1) is 6.92 Å². The lowest BCUT2D eigenvalue weighted by Crippen LogP contribution is -2.45. The number of para-hydroxylation sites is 1. The standard InChI is InChI=1S/C25H26N4O4/c1-5-33-20-12-11-17(13-15(20)2)22-19(14-29(28-22)18-9-7-6-8-10-18)23-21(24(30)32-4)16(3)26-25(31)27-23/h6-14,23H,5H2,1-4H3,(H2,26,27,31)/t23-/m1/s1. The summed E-state index contributed by atoms with van der Waals surface area (Å²) in [4.78, 5) is 25.0. The molecule has 0 fully saturated rings. The molecule has 0 bridgehead atoms. The molecule has 1 aliphatic rings. The lowest BCUT2D eigenvalue weighted by Gasteiger charge is -2.27. The van der Waals surface area contributed by atoms with Gasteiger partial charge in [-0.2, -0.15) is 5.10 Å². The van der Waals surface area contributed by atoms with Crippen molar-refractivity contribution in [3.8, 4) is 22.7 Å². The van der Waals surface area contributed by atoms with E-state index in [4.69, 9.17) is 14.6 Å². The fraction of sp³-hybridized carbons (Fsp3) is 0.240. The van der Waals surface area contributed by atoms with Gasteiger partial charge in [-0.3, -0.25) is 0 Å². The minimum atomic E-state index is -0.731. The van der Waals surface area contributed by atoms with Crippen molar-refractivity contribution >= 4 is 12.0 Å². The minimum absolute atomic E-state index is 0.327. The first-order chi connectivity index (χ1) is 15.9. The number of nitrogens with zero attached hydrogens (tertiary/aromatic N) is 2.